The first-order valence-corrected chi connectivity index (χ1v) is 4.83. The molecule has 1 saturated heterocycles. The average Bonchev–Trinajstić information content (AvgIpc) is 2.16. The van der Waals surface area contributed by atoms with Gasteiger partial charge < -0.3 is 16.0 Å². The first-order chi connectivity index (χ1) is 6.63. The maximum Gasteiger partial charge on any atom is 0.224 e. The van der Waals surface area contributed by atoms with Crippen molar-refractivity contribution in [3.8, 4) is 0 Å². The fourth-order valence-corrected chi connectivity index (χ4v) is 1.74. The second kappa shape index (κ2) is 4.95. The van der Waals surface area contributed by atoms with Crippen LogP contribution in [0, 0.1) is 5.92 Å². The molecule has 0 spiro atoms. The second-order valence-electron chi connectivity index (χ2n) is 3.60. The third-order valence-electron chi connectivity index (χ3n) is 2.38. The van der Waals surface area contributed by atoms with Gasteiger partial charge in [0.1, 0.15) is 0 Å². The molecule has 1 aliphatic heterocycles. The molecule has 2 atom stereocenters. The zero-order chi connectivity index (χ0) is 10.6. The number of hydrogen-bond donors (Lipinski definition) is 3. The zero-order valence-electron chi connectivity index (χ0n) is 8.59. The molecule has 3 N–H and O–H groups in total. The summed E-state index contributed by atoms with van der Waals surface area (Å²) >= 11 is 0. The fourth-order valence-electron chi connectivity index (χ4n) is 1.74. The van der Waals surface area contributed by atoms with Gasteiger partial charge in [0.15, 0.2) is 0 Å². The summed E-state index contributed by atoms with van der Waals surface area (Å²) < 4.78 is 0. The molecule has 0 aromatic carbocycles. The lowest BCUT2D eigenvalue weighted by atomic mass is 9.95. The van der Waals surface area contributed by atoms with E-state index in [1.807, 2.05) is 0 Å². The van der Waals surface area contributed by atoms with Crippen molar-refractivity contribution < 1.29 is 9.59 Å². The van der Waals surface area contributed by atoms with E-state index in [0.717, 1.165) is 6.54 Å². The van der Waals surface area contributed by atoms with Crippen LogP contribution in [0.15, 0.2) is 0 Å². The largest absolute Gasteiger partial charge is 0.359 e. The Balaban J connectivity index is 2.43. The molecule has 0 aromatic heterocycles. The van der Waals surface area contributed by atoms with Gasteiger partial charge >= 0.3 is 0 Å². The molecule has 0 saturated carbocycles. The van der Waals surface area contributed by atoms with E-state index in [9.17, 15) is 9.59 Å². The first kappa shape index (κ1) is 11.0. The van der Waals surface area contributed by atoms with E-state index >= 15 is 0 Å². The number of nitrogens with one attached hydrogen (secondary N) is 3. The SMILES string of the molecule is CNC(=O)[C@H]1CNC[C@@H](NC(C)=O)C1. The molecule has 0 radical (unpaired) electrons. The highest BCUT2D eigenvalue weighted by molar-refractivity contribution is 5.79. The van der Waals surface area contributed by atoms with E-state index in [1.54, 1.807) is 7.05 Å². The minimum Gasteiger partial charge on any atom is -0.359 e. The molecule has 2 amide bonds. The molecular weight excluding hydrogens is 182 g/mol. The van der Waals surface area contributed by atoms with E-state index in [1.165, 1.54) is 6.92 Å². The van der Waals surface area contributed by atoms with Gasteiger partial charge in [0.05, 0.1) is 5.92 Å². The summed E-state index contributed by atoms with van der Waals surface area (Å²) in [6.45, 7) is 2.92. The van der Waals surface area contributed by atoms with Gasteiger partial charge in [-0.3, -0.25) is 9.59 Å². The summed E-state index contributed by atoms with van der Waals surface area (Å²) in [5, 5.41) is 8.56. The summed E-state index contributed by atoms with van der Waals surface area (Å²) in [5.74, 6) is -0.0486. The van der Waals surface area contributed by atoms with Gasteiger partial charge in [-0.15, -0.1) is 0 Å². The Morgan fingerprint density at radius 1 is 1.36 bits per heavy atom. The molecule has 5 nitrogen and oxygen atoms in total. The summed E-state index contributed by atoms with van der Waals surface area (Å²) in [4.78, 5) is 22.2. The summed E-state index contributed by atoms with van der Waals surface area (Å²) in [6.07, 6.45) is 0.715. The molecular formula is C9H17N3O2. The van der Waals surface area contributed by atoms with Crippen LogP contribution in [-0.2, 0) is 9.59 Å². The van der Waals surface area contributed by atoms with Gasteiger partial charge in [0, 0.05) is 33.1 Å². The molecule has 0 aliphatic carbocycles. The molecule has 5 heteroatoms. The van der Waals surface area contributed by atoms with E-state index in [4.69, 9.17) is 0 Å². The Labute approximate surface area is 83.6 Å². The topological polar surface area (TPSA) is 70.2 Å². The third-order valence-corrected chi connectivity index (χ3v) is 2.38. The van der Waals surface area contributed by atoms with Crippen LogP contribution < -0.4 is 16.0 Å². The smallest absolute Gasteiger partial charge is 0.224 e. The number of rotatable bonds is 2. The predicted octanol–water partition coefficient (Wildman–Crippen LogP) is -1.15. The lowest BCUT2D eigenvalue weighted by molar-refractivity contribution is -0.126. The third kappa shape index (κ3) is 2.99. The monoisotopic (exact) mass is 199 g/mol. The van der Waals surface area contributed by atoms with Gasteiger partial charge in [-0.1, -0.05) is 0 Å². The standard InChI is InChI=1S/C9H17N3O2/c1-6(13)12-8-3-7(4-11-5-8)9(14)10-2/h7-8,11H,3-5H2,1-2H3,(H,10,14)(H,12,13)/t7-,8+/m1/s1. The second-order valence-corrected chi connectivity index (χ2v) is 3.60. The normalized spacial score (nSPS) is 26.7. The van der Waals surface area contributed by atoms with Crippen LogP contribution in [0.1, 0.15) is 13.3 Å². The minimum absolute atomic E-state index is 0.0348. The number of carbonyl (C=O) groups is 2. The molecule has 80 valence electrons. The maximum atomic E-state index is 11.3. The highest BCUT2D eigenvalue weighted by Crippen LogP contribution is 2.10. The van der Waals surface area contributed by atoms with E-state index < -0.39 is 0 Å². The summed E-state index contributed by atoms with van der Waals surface area (Å²) in [7, 11) is 1.63. The molecule has 0 bridgehead atoms. The molecule has 0 unspecified atom stereocenters. The van der Waals surface area contributed by atoms with Crippen molar-refractivity contribution >= 4 is 11.8 Å². The molecule has 0 aromatic rings. The summed E-state index contributed by atoms with van der Waals surface area (Å²) in [6, 6.07) is 0.0727. The van der Waals surface area contributed by atoms with E-state index in [-0.39, 0.29) is 23.8 Å². The highest BCUT2D eigenvalue weighted by atomic mass is 16.2. The van der Waals surface area contributed by atoms with Crippen molar-refractivity contribution in [2.75, 3.05) is 20.1 Å². The van der Waals surface area contributed by atoms with Crippen molar-refractivity contribution in [1.29, 1.82) is 0 Å². The molecule has 1 heterocycles. The quantitative estimate of drug-likeness (QED) is 0.526. The van der Waals surface area contributed by atoms with E-state index in [2.05, 4.69) is 16.0 Å². The number of carbonyl (C=O) groups excluding carboxylic acids is 2. The molecule has 1 fully saturated rings. The first-order valence-electron chi connectivity index (χ1n) is 4.83. The van der Waals surface area contributed by atoms with Gasteiger partial charge in [0.25, 0.3) is 0 Å². The van der Waals surface area contributed by atoms with Crippen LogP contribution in [0.5, 0.6) is 0 Å². The predicted molar refractivity (Wildman–Crippen MR) is 52.6 cm³/mol. The Morgan fingerprint density at radius 2 is 2.07 bits per heavy atom. The lowest BCUT2D eigenvalue weighted by Crippen LogP contribution is -2.51. The van der Waals surface area contributed by atoms with Crippen LogP contribution in [-0.4, -0.2) is 38.0 Å². The molecule has 1 rings (SSSR count). The van der Waals surface area contributed by atoms with Gasteiger partial charge in [-0.25, -0.2) is 0 Å². The van der Waals surface area contributed by atoms with Gasteiger partial charge in [-0.2, -0.15) is 0 Å². The van der Waals surface area contributed by atoms with Gasteiger partial charge in [0.2, 0.25) is 11.8 Å². The highest BCUT2D eigenvalue weighted by Gasteiger charge is 2.26. The number of amides is 2. The van der Waals surface area contributed by atoms with Crippen molar-refractivity contribution in [3.05, 3.63) is 0 Å². The number of piperidine rings is 1. The molecule has 14 heavy (non-hydrogen) atoms. The Hall–Kier alpha value is -1.10. The van der Waals surface area contributed by atoms with Crippen molar-refractivity contribution in [3.63, 3.8) is 0 Å². The van der Waals surface area contributed by atoms with Crippen molar-refractivity contribution in [1.82, 2.24) is 16.0 Å². The van der Waals surface area contributed by atoms with Gasteiger partial charge in [-0.05, 0) is 6.42 Å². The fraction of sp³-hybridized carbons (Fsp3) is 0.778. The van der Waals surface area contributed by atoms with Crippen LogP contribution >= 0.6 is 0 Å². The lowest BCUT2D eigenvalue weighted by Gasteiger charge is -2.29. The van der Waals surface area contributed by atoms with Crippen LogP contribution in [0.4, 0.5) is 0 Å². The Kier molecular flexibility index (Phi) is 3.88. The van der Waals surface area contributed by atoms with Crippen molar-refractivity contribution in [2.24, 2.45) is 5.92 Å². The van der Waals surface area contributed by atoms with Crippen molar-refractivity contribution in [2.45, 2.75) is 19.4 Å². The van der Waals surface area contributed by atoms with Crippen LogP contribution in [0.3, 0.4) is 0 Å². The average molecular weight is 199 g/mol. The summed E-state index contributed by atoms with van der Waals surface area (Å²) in [5.41, 5.74) is 0. The Bertz CT molecular complexity index is 230. The van der Waals surface area contributed by atoms with Crippen LogP contribution in [0.25, 0.3) is 0 Å². The molecule has 1 aliphatic rings. The Morgan fingerprint density at radius 3 is 2.64 bits per heavy atom. The van der Waals surface area contributed by atoms with E-state index in [0.29, 0.717) is 13.0 Å². The minimum atomic E-state index is -0.0469. The van der Waals surface area contributed by atoms with Crippen LogP contribution in [0.2, 0.25) is 0 Å². The zero-order valence-corrected chi connectivity index (χ0v) is 8.59. The maximum absolute atomic E-state index is 11.3. The number of hydrogen-bond acceptors (Lipinski definition) is 3.